The molecule has 20 heavy (non-hydrogen) atoms. The lowest BCUT2D eigenvalue weighted by Crippen LogP contribution is -2.16. The fourth-order valence-electron chi connectivity index (χ4n) is 2.24. The summed E-state index contributed by atoms with van der Waals surface area (Å²) in [7, 11) is 0. The molecule has 2 aromatic rings. The number of aromatic hydroxyl groups is 1. The van der Waals surface area contributed by atoms with E-state index in [0.717, 1.165) is 11.4 Å². The largest absolute Gasteiger partial charge is 0.508 e. The van der Waals surface area contributed by atoms with E-state index in [2.05, 4.69) is 0 Å². The average molecular weight is 274 g/mol. The zero-order valence-corrected chi connectivity index (χ0v) is 11.7. The van der Waals surface area contributed by atoms with Crippen LogP contribution in [0.3, 0.4) is 0 Å². The first-order valence-electron chi connectivity index (χ1n) is 6.64. The molecule has 2 aromatic carbocycles. The van der Waals surface area contributed by atoms with Crippen LogP contribution in [-0.4, -0.2) is 11.7 Å². The molecule has 1 atom stereocenters. The van der Waals surface area contributed by atoms with Crippen molar-refractivity contribution in [1.82, 2.24) is 0 Å². The van der Waals surface area contributed by atoms with Crippen molar-refractivity contribution in [1.29, 1.82) is 0 Å². The maximum atomic E-state index is 13.3. The number of nitrogens with zero attached hydrogens (tertiary/aromatic N) is 1. The Morgan fingerprint density at radius 3 is 2.45 bits per heavy atom. The smallest absolute Gasteiger partial charge is 0.125 e. The normalized spacial score (nSPS) is 12.2. The van der Waals surface area contributed by atoms with Gasteiger partial charge in [-0.3, -0.25) is 0 Å². The molecule has 0 radical (unpaired) electrons. The van der Waals surface area contributed by atoms with Crippen molar-refractivity contribution in [2.24, 2.45) is 5.73 Å². The van der Waals surface area contributed by atoms with E-state index in [0.29, 0.717) is 12.1 Å². The number of rotatable bonds is 4. The predicted octanol–water partition coefficient (Wildman–Crippen LogP) is 3.71. The highest BCUT2D eigenvalue weighted by Gasteiger charge is 2.12. The molecule has 2 rings (SSSR count). The monoisotopic (exact) mass is 274 g/mol. The number of hydrogen-bond donors (Lipinski definition) is 2. The Kier molecular flexibility index (Phi) is 4.25. The van der Waals surface area contributed by atoms with Gasteiger partial charge in [0.05, 0.1) is 0 Å². The lowest BCUT2D eigenvalue weighted by Gasteiger charge is -2.24. The molecule has 0 aliphatic rings. The van der Waals surface area contributed by atoms with Crippen LogP contribution < -0.4 is 10.6 Å². The van der Waals surface area contributed by atoms with Crippen LogP contribution in [0.15, 0.2) is 42.5 Å². The molecule has 4 heteroatoms. The molecule has 3 nitrogen and oxygen atoms in total. The molecular weight excluding hydrogens is 255 g/mol. The highest BCUT2D eigenvalue weighted by molar-refractivity contribution is 5.65. The van der Waals surface area contributed by atoms with E-state index in [4.69, 9.17) is 5.73 Å². The molecule has 106 valence electrons. The molecule has 0 bridgehead atoms. The van der Waals surface area contributed by atoms with Crippen molar-refractivity contribution in [2.75, 3.05) is 11.4 Å². The number of halogens is 1. The van der Waals surface area contributed by atoms with Gasteiger partial charge in [0.25, 0.3) is 0 Å². The molecule has 0 fully saturated rings. The lowest BCUT2D eigenvalue weighted by molar-refractivity contribution is 0.464. The van der Waals surface area contributed by atoms with E-state index in [-0.39, 0.29) is 17.6 Å². The summed E-state index contributed by atoms with van der Waals surface area (Å²) in [5.41, 5.74) is 8.04. The van der Waals surface area contributed by atoms with Gasteiger partial charge in [0.2, 0.25) is 0 Å². The van der Waals surface area contributed by atoms with Crippen LogP contribution in [0.25, 0.3) is 0 Å². The topological polar surface area (TPSA) is 49.5 Å². The van der Waals surface area contributed by atoms with Crippen LogP contribution >= 0.6 is 0 Å². The van der Waals surface area contributed by atoms with Crippen LogP contribution in [-0.2, 0) is 0 Å². The zero-order valence-electron chi connectivity index (χ0n) is 11.7. The molecule has 0 heterocycles. The second-order valence-electron chi connectivity index (χ2n) is 4.76. The summed E-state index contributed by atoms with van der Waals surface area (Å²) >= 11 is 0. The minimum Gasteiger partial charge on any atom is -0.508 e. The SMILES string of the molecule is CCN(c1cccc(F)c1)c1ccc(C(C)N)c(O)c1. The van der Waals surface area contributed by atoms with E-state index >= 15 is 0 Å². The number of phenols is 1. The van der Waals surface area contributed by atoms with E-state index in [1.54, 1.807) is 18.2 Å². The van der Waals surface area contributed by atoms with Crippen LogP contribution in [0.5, 0.6) is 5.75 Å². The Morgan fingerprint density at radius 1 is 1.20 bits per heavy atom. The van der Waals surface area contributed by atoms with E-state index in [1.165, 1.54) is 12.1 Å². The summed E-state index contributed by atoms with van der Waals surface area (Å²) < 4.78 is 13.3. The zero-order chi connectivity index (χ0) is 14.7. The van der Waals surface area contributed by atoms with Gasteiger partial charge in [-0.1, -0.05) is 12.1 Å². The van der Waals surface area contributed by atoms with Gasteiger partial charge in [0.1, 0.15) is 11.6 Å². The third kappa shape index (κ3) is 2.91. The Bertz CT molecular complexity index is 599. The van der Waals surface area contributed by atoms with Crippen molar-refractivity contribution in [3.05, 3.63) is 53.8 Å². The Morgan fingerprint density at radius 2 is 1.90 bits per heavy atom. The highest BCUT2D eigenvalue weighted by Crippen LogP contribution is 2.32. The van der Waals surface area contributed by atoms with Gasteiger partial charge in [-0.25, -0.2) is 4.39 Å². The number of phenolic OH excluding ortho intramolecular Hbond substituents is 1. The summed E-state index contributed by atoms with van der Waals surface area (Å²) in [5.74, 6) is -0.121. The van der Waals surface area contributed by atoms with Crippen LogP contribution in [0, 0.1) is 5.82 Å². The predicted molar refractivity (Wildman–Crippen MR) is 79.8 cm³/mol. The molecule has 0 saturated heterocycles. The molecule has 3 N–H and O–H groups in total. The van der Waals surface area contributed by atoms with Crippen LogP contribution in [0.2, 0.25) is 0 Å². The average Bonchev–Trinajstić information content (AvgIpc) is 2.39. The van der Waals surface area contributed by atoms with E-state index in [9.17, 15) is 9.50 Å². The first kappa shape index (κ1) is 14.3. The molecule has 0 saturated carbocycles. The lowest BCUT2D eigenvalue weighted by atomic mass is 10.1. The molecule has 0 aromatic heterocycles. The van der Waals surface area contributed by atoms with Gasteiger partial charge in [0, 0.05) is 35.6 Å². The van der Waals surface area contributed by atoms with E-state index < -0.39 is 0 Å². The van der Waals surface area contributed by atoms with E-state index in [1.807, 2.05) is 30.9 Å². The summed E-state index contributed by atoms with van der Waals surface area (Å²) in [6.45, 7) is 4.46. The van der Waals surface area contributed by atoms with Gasteiger partial charge in [-0.15, -0.1) is 0 Å². The number of hydrogen-bond acceptors (Lipinski definition) is 3. The number of nitrogens with two attached hydrogens (primary N) is 1. The molecule has 0 aliphatic carbocycles. The summed E-state index contributed by atoms with van der Waals surface area (Å²) in [6.07, 6.45) is 0. The highest BCUT2D eigenvalue weighted by atomic mass is 19.1. The number of benzene rings is 2. The second kappa shape index (κ2) is 5.92. The Labute approximate surface area is 118 Å². The third-order valence-electron chi connectivity index (χ3n) is 3.25. The molecule has 0 spiro atoms. The molecule has 1 unspecified atom stereocenters. The maximum absolute atomic E-state index is 13.3. The van der Waals surface area contributed by atoms with Gasteiger partial charge in [0.15, 0.2) is 0 Å². The van der Waals surface area contributed by atoms with Gasteiger partial charge in [-0.05, 0) is 38.1 Å². The summed E-state index contributed by atoms with van der Waals surface area (Å²) in [4.78, 5) is 1.92. The first-order valence-corrected chi connectivity index (χ1v) is 6.64. The summed E-state index contributed by atoms with van der Waals surface area (Å²) in [5, 5.41) is 10.0. The summed E-state index contributed by atoms with van der Waals surface area (Å²) in [6, 6.07) is 11.5. The maximum Gasteiger partial charge on any atom is 0.125 e. The third-order valence-corrected chi connectivity index (χ3v) is 3.25. The fourth-order valence-corrected chi connectivity index (χ4v) is 2.24. The second-order valence-corrected chi connectivity index (χ2v) is 4.76. The first-order chi connectivity index (χ1) is 9.52. The van der Waals surface area contributed by atoms with Crippen LogP contribution in [0.4, 0.5) is 15.8 Å². The van der Waals surface area contributed by atoms with Gasteiger partial charge in [-0.2, -0.15) is 0 Å². The van der Waals surface area contributed by atoms with Crippen molar-refractivity contribution >= 4 is 11.4 Å². The Hall–Kier alpha value is -2.07. The van der Waals surface area contributed by atoms with Crippen molar-refractivity contribution in [3.8, 4) is 5.75 Å². The molecular formula is C16H19FN2O. The van der Waals surface area contributed by atoms with Crippen molar-refractivity contribution < 1.29 is 9.50 Å². The minimum absolute atomic E-state index is 0.160. The van der Waals surface area contributed by atoms with Crippen molar-refractivity contribution in [3.63, 3.8) is 0 Å². The standard InChI is InChI=1S/C16H19FN2O/c1-3-19(13-6-4-5-12(17)9-13)14-7-8-15(11(2)18)16(20)10-14/h4-11,20H,3,18H2,1-2H3. The number of anilines is 2. The quantitative estimate of drug-likeness (QED) is 0.893. The van der Waals surface area contributed by atoms with Gasteiger partial charge >= 0.3 is 0 Å². The van der Waals surface area contributed by atoms with Gasteiger partial charge < -0.3 is 15.7 Å². The van der Waals surface area contributed by atoms with Crippen LogP contribution in [0.1, 0.15) is 25.5 Å². The van der Waals surface area contributed by atoms with Crippen molar-refractivity contribution in [2.45, 2.75) is 19.9 Å². The molecule has 0 amide bonds. The Balaban J connectivity index is 2.40. The molecule has 0 aliphatic heterocycles. The fraction of sp³-hybridized carbons (Fsp3) is 0.250. The minimum atomic E-state index is -0.280.